The quantitative estimate of drug-likeness (QED) is 0.898. The maximum Gasteiger partial charge on any atom is 0.220 e. The lowest BCUT2D eigenvalue weighted by Crippen LogP contribution is -2.39. The highest BCUT2D eigenvalue weighted by Gasteiger charge is 2.56. The molecule has 2 fully saturated rings. The van der Waals surface area contributed by atoms with Crippen molar-refractivity contribution < 1.29 is 4.79 Å². The molecule has 3 nitrogen and oxygen atoms in total. The largest absolute Gasteiger partial charge is 0.352 e. The number of hydrogen-bond acceptors (Lipinski definition) is 2. The minimum absolute atomic E-state index is 0.0737. The molecule has 1 aromatic carbocycles. The van der Waals surface area contributed by atoms with Crippen LogP contribution in [0.15, 0.2) is 24.3 Å². The number of benzene rings is 1. The number of nitrogens with one attached hydrogen (secondary N) is 1. The fraction of sp³-hybridized carbons (Fsp3) is 0.632. The average molecular weight is 298 g/mol. The molecule has 3 aliphatic rings. The van der Waals surface area contributed by atoms with Gasteiger partial charge in [0.2, 0.25) is 5.91 Å². The van der Waals surface area contributed by atoms with Gasteiger partial charge in [-0.3, -0.25) is 4.79 Å². The third-order valence-electron chi connectivity index (χ3n) is 6.25. The molecular formula is C19H26N2O. The van der Waals surface area contributed by atoms with Gasteiger partial charge in [0, 0.05) is 18.4 Å². The van der Waals surface area contributed by atoms with Crippen molar-refractivity contribution in [1.29, 1.82) is 0 Å². The van der Waals surface area contributed by atoms with Crippen LogP contribution in [-0.4, -0.2) is 18.5 Å². The van der Waals surface area contributed by atoms with Crippen LogP contribution >= 0.6 is 0 Å². The standard InChI is InChI=1S/C19H26N2O/c20-12-19(8-4-1-5-9-19)11-16(22)21-18-15-10-13-6-2-3-7-14(13)17(15)18/h2-3,6-7,15,17-18H,1,4-5,8-12,20H2,(H,21,22). The van der Waals surface area contributed by atoms with Crippen LogP contribution < -0.4 is 11.1 Å². The monoisotopic (exact) mass is 298 g/mol. The maximum atomic E-state index is 12.5. The summed E-state index contributed by atoms with van der Waals surface area (Å²) in [6, 6.07) is 9.07. The highest BCUT2D eigenvalue weighted by atomic mass is 16.1. The van der Waals surface area contributed by atoms with E-state index in [4.69, 9.17) is 5.73 Å². The molecule has 3 heteroatoms. The van der Waals surface area contributed by atoms with Gasteiger partial charge < -0.3 is 11.1 Å². The number of hydrogen-bond donors (Lipinski definition) is 2. The Morgan fingerprint density at radius 3 is 2.77 bits per heavy atom. The summed E-state index contributed by atoms with van der Waals surface area (Å²) in [7, 11) is 0. The molecular weight excluding hydrogens is 272 g/mol. The maximum absolute atomic E-state index is 12.5. The van der Waals surface area contributed by atoms with Gasteiger partial charge in [-0.15, -0.1) is 0 Å². The van der Waals surface area contributed by atoms with Gasteiger partial charge in [-0.2, -0.15) is 0 Å². The first-order chi connectivity index (χ1) is 10.7. The number of amides is 1. The lowest BCUT2D eigenvalue weighted by atomic mass is 9.71. The first kappa shape index (κ1) is 14.3. The first-order valence-corrected chi connectivity index (χ1v) is 8.80. The zero-order valence-electron chi connectivity index (χ0n) is 13.2. The highest BCUT2D eigenvalue weighted by Crippen LogP contribution is 2.56. The molecule has 0 aromatic heterocycles. The van der Waals surface area contributed by atoms with Gasteiger partial charge in [-0.25, -0.2) is 0 Å². The summed E-state index contributed by atoms with van der Waals surface area (Å²) in [5.41, 5.74) is 9.02. The van der Waals surface area contributed by atoms with E-state index in [2.05, 4.69) is 29.6 Å². The van der Waals surface area contributed by atoms with Crippen molar-refractivity contribution in [2.45, 2.75) is 56.9 Å². The second kappa shape index (κ2) is 5.38. The molecule has 0 aliphatic heterocycles. The summed E-state index contributed by atoms with van der Waals surface area (Å²) in [5.74, 6) is 1.44. The molecule has 2 saturated carbocycles. The second-order valence-corrected chi connectivity index (χ2v) is 7.63. The molecule has 22 heavy (non-hydrogen) atoms. The van der Waals surface area contributed by atoms with Crippen LogP contribution in [0.1, 0.15) is 55.6 Å². The normalized spacial score (nSPS) is 31.2. The molecule has 3 unspecified atom stereocenters. The minimum atomic E-state index is 0.0737. The highest BCUT2D eigenvalue weighted by molar-refractivity contribution is 5.78. The summed E-state index contributed by atoms with van der Waals surface area (Å²) < 4.78 is 0. The lowest BCUT2D eigenvalue weighted by molar-refractivity contribution is -0.124. The van der Waals surface area contributed by atoms with Crippen LogP contribution in [0, 0.1) is 11.3 Å². The van der Waals surface area contributed by atoms with E-state index in [1.165, 1.54) is 30.4 Å². The van der Waals surface area contributed by atoms with Gasteiger partial charge in [-0.05, 0) is 48.3 Å². The zero-order chi connectivity index (χ0) is 15.2. The summed E-state index contributed by atoms with van der Waals surface area (Å²) in [4.78, 5) is 12.5. The van der Waals surface area contributed by atoms with E-state index >= 15 is 0 Å². The molecule has 1 amide bonds. The average Bonchev–Trinajstić information content (AvgIpc) is 3.05. The minimum Gasteiger partial charge on any atom is -0.352 e. The van der Waals surface area contributed by atoms with Gasteiger partial charge in [0.15, 0.2) is 0 Å². The fourth-order valence-electron chi connectivity index (χ4n) is 4.88. The van der Waals surface area contributed by atoms with Gasteiger partial charge in [0.1, 0.15) is 0 Å². The Labute approximate surface area is 132 Å². The van der Waals surface area contributed by atoms with Gasteiger partial charge in [0.05, 0.1) is 0 Å². The third-order valence-corrected chi connectivity index (χ3v) is 6.25. The first-order valence-electron chi connectivity index (χ1n) is 8.80. The van der Waals surface area contributed by atoms with E-state index < -0.39 is 0 Å². The number of rotatable bonds is 4. The Hall–Kier alpha value is -1.35. The molecule has 3 N–H and O–H groups in total. The van der Waals surface area contributed by atoms with Crippen LogP contribution in [-0.2, 0) is 11.2 Å². The van der Waals surface area contributed by atoms with Crippen molar-refractivity contribution in [3.8, 4) is 0 Å². The molecule has 0 saturated heterocycles. The molecule has 0 heterocycles. The van der Waals surface area contributed by atoms with E-state index in [9.17, 15) is 4.79 Å². The van der Waals surface area contributed by atoms with E-state index in [-0.39, 0.29) is 11.3 Å². The number of carbonyl (C=O) groups excluding carboxylic acids is 1. The van der Waals surface area contributed by atoms with E-state index in [0.29, 0.717) is 30.8 Å². The van der Waals surface area contributed by atoms with Crippen molar-refractivity contribution in [3.63, 3.8) is 0 Å². The zero-order valence-corrected chi connectivity index (χ0v) is 13.2. The summed E-state index contributed by atoms with van der Waals surface area (Å²) >= 11 is 0. The molecule has 0 bridgehead atoms. The van der Waals surface area contributed by atoms with Crippen molar-refractivity contribution >= 4 is 5.91 Å². The molecule has 0 spiro atoms. The molecule has 1 aromatic rings. The van der Waals surface area contributed by atoms with Crippen molar-refractivity contribution in [3.05, 3.63) is 35.4 Å². The summed E-state index contributed by atoms with van der Waals surface area (Å²) in [6.45, 7) is 0.654. The van der Waals surface area contributed by atoms with Crippen LogP contribution in [0.4, 0.5) is 0 Å². The van der Waals surface area contributed by atoms with Crippen LogP contribution in [0.25, 0.3) is 0 Å². The van der Waals surface area contributed by atoms with Gasteiger partial charge in [0.25, 0.3) is 0 Å². The Morgan fingerprint density at radius 2 is 2.00 bits per heavy atom. The van der Waals surface area contributed by atoms with Crippen LogP contribution in [0.2, 0.25) is 0 Å². The Kier molecular flexibility index (Phi) is 3.48. The number of carbonyl (C=O) groups is 1. The summed E-state index contributed by atoms with van der Waals surface area (Å²) in [6.07, 6.45) is 7.76. The van der Waals surface area contributed by atoms with Crippen molar-refractivity contribution in [2.75, 3.05) is 6.54 Å². The molecule has 3 aliphatic carbocycles. The van der Waals surface area contributed by atoms with Crippen molar-refractivity contribution in [2.24, 2.45) is 17.1 Å². The molecule has 4 rings (SSSR count). The van der Waals surface area contributed by atoms with Gasteiger partial charge >= 0.3 is 0 Å². The molecule has 0 radical (unpaired) electrons. The third kappa shape index (κ3) is 2.36. The Balaban J connectivity index is 1.37. The smallest absolute Gasteiger partial charge is 0.220 e. The summed E-state index contributed by atoms with van der Waals surface area (Å²) in [5, 5.41) is 3.31. The van der Waals surface area contributed by atoms with E-state index in [0.717, 1.165) is 19.3 Å². The molecule has 3 atom stereocenters. The van der Waals surface area contributed by atoms with Crippen LogP contribution in [0.5, 0.6) is 0 Å². The predicted molar refractivity (Wildman–Crippen MR) is 87.5 cm³/mol. The Morgan fingerprint density at radius 1 is 1.23 bits per heavy atom. The number of nitrogens with two attached hydrogens (primary N) is 1. The SMILES string of the molecule is NCC1(CC(=O)NC2C3Cc4ccccc4C32)CCCCC1. The van der Waals surface area contributed by atoms with Gasteiger partial charge in [-0.1, -0.05) is 43.5 Å². The molecule has 118 valence electrons. The fourth-order valence-corrected chi connectivity index (χ4v) is 4.88. The van der Waals surface area contributed by atoms with Crippen LogP contribution in [0.3, 0.4) is 0 Å². The van der Waals surface area contributed by atoms with E-state index in [1.54, 1.807) is 0 Å². The predicted octanol–water partition coefficient (Wildman–Crippen LogP) is 2.74. The lowest BCUT2D eigenvalue weighted by Gasteiger charge is -2.35. The number of fused-ring (bicyclic) bond motifs is 3. The Bertz CT molecular complexity index is 577. The van der Waals surface area contributed by atoms with Crippen molar-refractivity contribution in [1.82, 2.24) is 5.32 Å². The van der Waals surface area contributed by atoms with E-state index in [1.807, 2.05) is 0 Å². The second-order valence-electron chi connectivity index (χ2n) is 7.63. The topological polar surface area (TPSA) is 55.1 Å².